The second-order valence-corrected chi connectivity index (χ2v) is 6.19. The van der Waals surface area contributed by atoms with E-state index in [-0.39, 0.29) is 0 Å². The normalized spacial score (nSPS) is 15.3. The van der Waals surface area contributed by atoms with Crippen molar-refractivity contribution in [1.82, 2.24) is 0 Å². The zero-order valence-corrected chi connectivity index (χ0v) is 14.3. The summed E-state index contributed by atoms with van der Waals surface area (Å²) in [4.78, 5) is 6.96. The van der Waals surface area contributed by atoms with Crippen molar-refractivity contribution in [3.05, 3.63) is 58.1 Å². The van der Waals surface area contributed by atoms with Gasteiger partial charge in [0.05, 0.1) is 18.9 Å². The quantitative estimate of drug-likeness (QED) is 0.772. The molecule has 0 atom stereocenters. The van der Waals surface area contributed by atoms with E-state index >= 15 is 0 Å². The molecule has 120 valence electrons. The predicted octanol–water partition coefficient (Wildman–Crippen LogP) is 4.54. The second kappa shape index (κ2) is 7.16. The van der Waals surface area contributed by atoms with Gasteiger partial charge in [-0.3, -0.25) is 4.99 Å². The van der Waals surface area contributed by atoms with Crippen molar-refractivity contribution >= 4 is 29.2 Å². The van der Waals surface area contributed by atoms with Gasteiger partial charge in [-0.1, -0.05) is 23.7 Å². The largest absolute Gasteiger partial charge is 0.378 e. The third kappa shape index (κ3) is 3.74. The molecule has 2 aromatic rings. The summed E-state index contributed by atoms with van der Waals surface area (Å²) in [5.41, 5.74) is 5.52. The number of benzene rings is 2. The number of ether oxygens (including phenoxy) is 1. The van der Waals surface area contributed by atoms with Crippen LogP contribution in [-0.4, -0.2) is 32.5 Å². The van der Waals surface area contributed by atoms with Gasteiger partial charge in [-0.2, -0.15) is 0 Å². The zero-order valence-electron chi connectivity index (χ0n) is 13.6. The summed E-state index contributed by atoms with van der Waals surface area (Å²) in [5.74, 6) is 0. The molecule has 1 heterocycles. The van der Waals surface area contributed by atoms with E-state index in [4.69, 9.17) is 16.3 Å². The highest BCUT2D eigenvalue weighted by Gasteiger charge is 2.11. The standard InChI is InChI=1S/C19H21ClN2O/c1-14-12-17(22-8-10-23-11-9-22)7-6-16(14)13-21-19-5-3-4-18(20)15(19)2/h3-7,12-13H,8-11H2,1-2H3. The molecule has 23 heavy (non-hydrogen) atoms. The molecule has 0 unspecified atom stereocenters. The van der Waals surface area contributed by atoms with E-state index in [1.165, 1.54) is 11.3 Å². The van der Waals surface area contributed by atoms with Crippen molar-refractivity contribution < 1.29 is 4.74 Å². The molecule has 3 nitrogen and oxygen atoms in total. The first kappa shape index (κ1) is 16.0. The Morgan fingerprint density at radius 2 is 1.91 bits per heavy atom. The molecule has 1 saturated heterocycles. The minimum Gasteiger partial charge on any atom is -0.378 e. The summed E-state index contributed by atoms with van der Waals surface area (Å²) < 4.78 is 5.41. The van der Waals surface area contributed by atoms with E-state index < -0.39 is 0 Å². The molecular formula is C19H21ClN2O. The minimum absolute atomic E-state index is 0.749. The first-order valence-electron chi connectivity index (χ1n) is 7.87. The van der Waals surface area contributed by atoms with Crippen LogP contribution in [0.5, 0.6) is 0 Å². The van der Waals surface area contributed by atoms with E-state index in [1.807, 2.05) is 31.3 Å². The maximum Gasteiger partial charge on any atom is 0.0673 e. The third-order valence-electron chi connectivity index (χ3n) is 4.21. The van der Waals surface area contributed by atoms with Crippen LogP contribution in [0.15, 0.2) is 41.4 Å². The van der Waals surface area contributed by atoms with Gasteiger partial charge in [0.1, 0.15) is 0 Å². The summed E-state index contributed by atoms with van der Waals surface area (Å²) in [5, 5.41) is 0.749. The summed E-state index contributed by atoms with van der Waals surface area (Å²) in [7, 11) is 0. The van der Waals surface area contributed by atoms with E-state index in [0.717, 1.165) is 48.1 Å². The summed E-state index contributed by atoms with van der Waals surface area (Å²) >= 11 is 6.14. The van der Waals surface area contributed by atoms with E-state index in [0.29, 0.717) is 0 Å². The molecule has 2 aromatic carbocycles. The maximum absolute atomic E-state index is 6.14. The average Bonchev–Trinajstić information content (AvgIpc) is 2.58. The van der Waals surface area contributed by atoms with Gasteiger partial charge in [-0.15, -0.1) is 0 Å². The highest BCUT2D eigenvalue weighted by Crippen LogP contribution is 2.26. The van der Waals surface area contributed by atoms with Gasteiger partial charge in [0.25, 0.3) is 0 Å². The molecule has 0 amide bonds. The van der Waals surface area contributed by atoms with Crippen molar-refractivity contribution in [2.24, 2.45) is 4.99 Å². The van der Waals surface area contributed by atoms with Crippen LogP contribution >= 0.6 is 11.6 Å². The highest BCUT2D eigenvalue weighted by atomic mass is 35.5. The maximum atomic E-state index is 6.14. The first-order chi connectivity index (χ1) is 11.1. The zero-order chi connectivity index (χ0) is 16.2. The number of morpholine rings is 1. The van der Waals surface area contributed by atoms with Crippen LogP contribution in [0.25, 0.3) is 0 Å². The van der Waals surface area contributed by atoms with Crippen LogP contribution in [0, 0.1) is 13.8 Å². The second-order valence-electron chi connectivity index (χ2n) is 5.78. The topological polar surface area (TPSA) is 24.8 Å². The van der Waals surface area contributed by atoms with Crippen LogP contribution in [0.3, 0.4) is 0 Å². The van der Waals surface area contributed by atoms with Crippen LogP contribution in [0.4, 0.5) is 11.4 Å². The fourth-order valence-corrected chi connectivity index (χ4v) is 2.87. The molecule has 4 heteroatoms. The fraction of sp³-hybridized carbons (Fsp3) is 0.316. The van der Waals surface area contributed by atoms with Crippen LogP contribution < -0.4 is 4.90 Å². The van der Waals surface area contributed by atoms with Gasteiger partial charge >= 0.3 is 0 Å². The molecular weight excluding hydrogens is 308 g/mol. The molecule has 0 saturated carbocycles. The van der Waals surface area contributed by atoms with Crippen molar-refractivity contribution in [3.8, 4) is 0 Å². The van der Waals surface area contributed by atoms with Crippen molar-refractivity contribution in [2.45, 2.75) is 13.8 Å². The van der Waals surface area contributed by atoms with Gasteiger partial charge < -0.3 is 9.64 Å². The van der Waals surface area contributed by atoms with Crippen molar-refractivity contribution in [1.29, 1.82) is 0 Å². The number of anilines is 1. The lowest BCUT2D eigenvalue weighted by Gasteiger charge is -2.29. The van der Waals surface area contributed by atoms with E-state index in [2.05, 4.69) is 35.0 Å². The van der Waals surface area contributed by atoms with Gasteiger partial charge in [-0.05, 0) is 54.8 Å². The number of hydrogen-bond donors (Lipinski definition) is 0. The van der Waals surface area contributed by atoms with Gasteiger partial charge in [0.15, 0.2) is 0 Å². The number of hydrogen-bond acceptors (Lipinski definition) is 3. The number of aliphatic imine (C=N–C) groups is 1. The smallest absolute Gasteiger partial charge is 0.0673 e. The summed E-state index contributed by atoms with van der Waals surface area (Å²) in [6.45, 7) is 7.62. The Labute approximate surface area is 142 Å². The lowest BCUT2D eigenvalue weighted by Crippen LogP contribution is -2.36. The Morgan fingerprint density at radius 1 is 1.13 bits per heavy atom. The Balaban J connectivity index is 1.80. The van der Waals surface area contributed by atoms with Gasteiger partial charge in [0, 0.05) is 30.0 Å². The van der Waals surface area contributed by atoms with E-state index in [1.54, 1.807) is 0 Å². The van der Waals surface area contributed by atoms with Crippen LogP contribution in [0.2, 0.25) is 5.02 Å². The first-order valence-corrected chi connectivity index (χ1v) is 8.25. The predicted molar refractivity (Wildman–Crippen MR) is 97.7 cm³/mol. The molecule has 0 aliphatic carbocycles. The molecule has 0 spiro atoms. The molecule has 0 aromatic heterocycles. The lowest BCUT2D eigenvalue weighted by atomic mass is 10.1. The minimum atomic E-state index is 0.749. The molecule has 0 N–H and O–H groups in total. The van der Waals surface area contributed by atoms with E-state index in [9.17, 15) is 0 Å². The average molecular weight is 329 g/mol. The Hall–Kier alpha value is -1.84. The number of nitrogens with zero attached hydrogens (tertiary/aromatic N) is 2. The Morgan fingerprint density at radius 3 is 2.65 bits per heavy atom. The van der Waals surface area contributed by atoms with Gasteiger partial charge in [0.2, 0.25) is 0 Å². The Kier molecular flexibility index (Phi) is 4.99. The molecule has 0 bridgehead atoms. The molecule has 0 radical (unpaired) electrons. The number of aryl methyl sites for hydroxylation is 1. The molecule has 1 aliphatic heterocycles. The molecule has 1 fully saturated rings. The summed E-state index contributed by atoms with van der Waals surface area (Å²) in [6.07, 6.45) is 1.91. The molecule has 3 rings (SSSR count). The fourth-order valence-electron chi connectivity index (χ4n) is 2.70. The van der Waals surface area contributed by atoms with Crippen molar-refractivity contribution in [3.63, 3.8) is 0 Å². The van der Waals surface area contributed by atoms with Gasteiger partial charge in [-0.25, -0.2) is 0 Å². The summed E-state index contributed by atoms with van der Waals surface area (Å²) in [6, 6.07) is 12.3. The lowest BCUT2D eigenvalue weighted by molar-refractivity contribution is 0.122. The van der Waals surface area contributed by atoms with Crippen LogP contribution in [0.1, 0.15) is 16.7 Å². The van der Waals surface area contributed by atoms with Crippen molar-refractivity contribution in [2.75, 3.05) is 31.2 Å². The third-order valence-corrected chi connectivity index (χ3v) is 4.62. The highest BCUT2D eigenvalue weighted by molar-refractivity contribution is 6.31. The monoisotopic (exact) mass is 328 g/mol. The number of rotatable bonds is 3. The SMILES string of the molecule is Cc1cc(N2CCOCC2)ccc1C=Nc1cccc(Cl)c1C. The number of halogens is 1. The Bertz CT molecular complexity index is 721. The molecule has 1 aliphatic rings. The van der Waals surface area contributed by atoms with Crippen LogP contribution in [-0.2, 0) is 4.74 Å².